The van der Waals surface area contributed by atoms with Crippen molar-refractivity contribution in [3.63, 3.8) is 0 Å². The second-order valence-electron chi connectivity index (χ2n) is 4.14. The number of aromatic nitrogens is 1. The lowest BCUT2D eigenvalue weighted by molar-refractivity contribution is -0.385. The fourth-order valence-corrected chi connectivity index (χ4v) is 2.99. The van der Waals surface area contributed by atoms with Gasteiger partial charge in [-0.25, -0.2) is 13.4 Å². The lowest BCUT2D eigenvalue weighted by Crippen LogP contribution is -2.14. The largest absolute Gasteiger partial charge is 0.272 e. The van der Waals surface area contributed by atoms with Crippen LogP contribution in [0.1, 0.15) is 5.56 Å². The van der Waals surface area contributed by atoms with Crippen LogP contribution < -0.4 is 4.72 Å². The average molecular weight is 328 g/mol. The van der Waals surface area contributed by atoms with Gasteiger partial charge in [-0.3, -0.25) is 14.8 Å². The van der Waals surface area contributed by atoms with Crippen molar-refractivity contribution >= 4 is 33.1 Å². The summed E-state index contributed by atoms with van der Waals surface area (Å²) in [7, 11) is -3.92. The third-order valence-electron chi connectivity index (χ3n) is 2.66. The Morgan fingerprint density at radius 1 is 1.33 bits per heavy atom. The first-order chi connectivity index (χ1) is 9.81. The first kappa shape index (κ1) is 15.2. The number of nitrogens with one attached hydrogen (secondary N) is 1. The van der Waals surface area contributed by atoms with Crippen LogP contribution in [0.5, 0.6) is 0 Å². The number of halogens is 1. The Hall–Kier alpha value is -2.19. The Kier molecular flexibility index (Phi) is 4.10. The highest BCUT2D eigenvalue weighted by Gasteiger charge is 2.19. The molecule has 0 spiro atoms. The number of aryl methyl sites for hydroxylation is 1. The number of anilines is 1. The molecule has 1 aromatic carbocycles. The summed E-state index contributed by atoms with van der Waals surface area (Å²) in [5.74, 6) is -0.00447. The van der Waals surface area contributed by atoms with Crippen LogP contribution in [0.15, 0.2) is 41.4 Å². The molecule has 2 rings (SSSR count). The summed E-state index contributed by atoms with van der Waals surface area (Å²) in [6.45, 7) is 1.46. The van der Waals surface area contributed by atoms with Crippen LogP contribution in [0.2, 0.25) is 5.02 Å². The first-order valence-electron chi connectivity index (χ1n) is 5.69. The van der Waals surface area contributed by atoms with Crippen LogP contribution in [0, 0.1) is 17.0 Å². The summed E-state index contributed by atoms with van der Waals surface area (Å²) in [6.07, 6.45) is 1.39. The SMILES string of the molecule is Cc1cc(S(=O)(=O)Nc2ncccc2Cl)ccc1[N+](=O)[O-]. The molecule has 0 bridgehead atoms. The Morgan fingerprint density at radius 2 is 2.05 bits per heavy atom. The highest BCUT2D eigenvalue weighted by Crippen LogP contribution is 2.25. The predicted molar refractivity (Wildman–Crippen MR) is 77.9 cm³/mol. The number of pyridine rings is 1. The summed E-state index contributed by atoms with van der Waals surface area (Å²) in [4.78, 5) is 13.9. The van der Waals surface area contributed by atoms with Gasteiger partial charge >= 0.3 is 0 Å². The Bertz CT molecular complexity index is 808. The average Bonchev–Trinajstić information content (AvgIpc) is 2.40. The van der Waals surface area contributed by atoms with Gasteiger partial charge in [0.1, 0.15) is 0 Å². The van der Waals surface area contributed by atoms with Crippen LogP contribution in [0.3, 0.4) is 0 Å². The lowest BCUT2D eigenvalue weighted by atomic mass is 10.2. The van der Waals surface area contributed by atoms with Crippen molar-refractivity contribution in [3.8, 4) is 0 Å². The molecule has 0 amide bonds. The van der Waals surface area contributed by atoms with Crippen molar-refractivity contribution < 1.29 is 13.3 Å². The molecule has 0 saturated carbocycles. The molecular formula is C12H10ClN3O4S. The number of nitro benzene ring substituents is 1. The van der Waals surface area contributed by atoms with Crippen LogP contribution in [-0.2, 0) is 10.0 Å². The molecule has 1 aromatic heterocycles. The maximum atomic E-state index is 12.2. The summed E-state index contributed by atoms with van der Waals surface area (Å²) >= 11 is 5.84. The van der Waals surface area contributed by atoms with Crippen LogP contribution in [0.25, 0.3) is 0 Å². The second-order valence-corrected chi connectivity index (χ2v) is 6.23. The molecule has 0 atom stereocenters. The Morgan fingerprint density at radius 3 is 2.62 bits per heavy atom. The van der Waals surface area contributed by atoms with Gasteiger partial charge in [-0.1, -0.05) is 11.6 Å². The number of hydrogen-bond donors (Lipinski definition) is 1. The second kappa shape index (κ2) is 5.66. The minimum Gasteiger partial charge on any atom is -0.262 e. The predicted octanol–water partition coefficient (Wildman–Crippen LogP) is 2.75. The topological polar surface area (TPSA) is 102 Å². The molecule has 0 aliphatic carbocycles. The van der Waals surface area contributed by atoms with Gasteiger partial charge in [-0.15, -0.1) is 0 Å². The molecule has 110 valence electrons. The fourth-order valence-electron chi connectivity index (χ4n) is 1.65. The zero-order valence-corrected chi connectivity index (χ0v) is 12.4. The highest BCUT2D eigenvalue weighted by molar-refractivity contribution is 7.92. The molecule has 0 fully saturated rings. The third-order valence-corrected chi connectivity index (χ3v) is 4.31. The van der Waals surface area contributed by atoms with Gasteiger partial charge in [0, 0.05) is 17.8 Å². The molecule has 0 saturated heterocycles. The van der Waals surface area contributed by atoms with Gasteiger partial charge in [0.15, 0.2) is 5.82 Å². The van der Waals surface area contributed by atoms with E-state index in [1.165, 1.54) is 25.3 Å². The fraction of sp³-hybridized carbons (Fsp3) is 0.0833. The zero-order chi connectivity index (χ0) is 15.6. The molecule has 0 unspecified atom stereocenters. The van der Waals surface area contributed by atoms with E-state index in [1.54, 1.807) is 6.07 Å². The van der Waals surface area contributed by atoms with Crippen molar-refractivity contribution in [1.29, 1.82) is 0 Å². The quantitative estimate of drug-likeness (QED) is 0.687. The van der Waals surface area contributed by atoms with Gasteiger partial charge in [-0.05, 0) is 31.2 Å². The van der Waals surface area contributed by atoms with E-state index >= 15 is 0 Å². The van der Waals surface area contributed by atoms with E-state index in [9.17, 15) is 18.5 Å². The van der Waals surface area contributed by atoms with E-state index in [1.807, 2.05) is 0 Å². The molecule has 0 aliphatic rings. The summed E-state index contributed by atoms with van der Waals surface area (Å²) in [6, 6.07) is 6.58. The van der Waals surface area contributed by atoms with Gasteiger partial charge in [0.05, 0.1) is 14.8 Å². The van der Waals surface area contributed by atoms with Gasteiger partial charge in [0.25, 0.3) is 15.7 Å². The van der Waals surface area contributed by atoms with E-state index in [-0.39, 0.29) is 27.0 Å². The monoisotopic (exact) mass is 327 g/mol. The minimum atomic E-state index is -3.92. The van der Waals surface area contributed by atoms with Crippen LogP contribution in [0.4, 0.5) is 11.5 Å². The molecule has 9 heteroatoms. The Balaban J connectivity index is 2.39. The number of rotatable bonds is 4. The highest BCUT2D eigenvalue weighted by atomic mass is 35.5. The first-order valence-corrected chi connectivity index (χ1v) is 7.56. The molecule has 1 heterocycles. The van der Waals surface area contributed by atoms with Crippen molar-refractivity contribution in [2.45, 2.75) is 11.8 Å². The van der Waals surface area contributed by atoms with Crippen molar-refractivity contribution in [3.05, 3.63) is 57.2 Å². The number of sulfonamides is 1. The molecule has 7 nitrogen and oxygen atoms in total. The van der Waals surface area contributed by atoms with Gasteiger partial charge < -0.3 is 0 Å². The van der Waals surface area contributed by atoms with Crippen LogP contribution in [-0.4, -0.2) is 18.3 Å². The van der Waals surface area contributed by atoms with Crippen molar-refractivity contribution in [2.24, 2.45) is 0 Å². The van der Waals surface area contributed by atoms with E-state index in [4.69, 9.17) is 11.6 Å². The third kappa shape index (κ3) is 3.29. The normalized spacial score (nSPS) is 11.1. The lowest BCUT2D eigenvalue weighted by Gasteiger charge is -2.09. The van der Waals surface area contributed by atoms with Gasteiger partial charge in [-0.2, -0.15) is 0 Å². The van der Waals surface area contributed by atoms with E-state index in [2.05, 4.69) is 9.71 Å². The van der Waals surface area contributed by atoms with Crippen molar-refractivity contribution in [2.75, 3.05) is 4.72 Å². The summed E-state index contributed by atoms with van der Waals surface area (Å²) in [5, 5.41) is 10.9. The molecule has 1 N–H and O–H groups in total. The smallest absolute Gasteiger partial charge is 0.262 e. The molecule has 0 aliphatic heterocycles. The molecular weight excluding hydrogens is 318 g/mol. The maximum absolute atomic E-state index is 12.2. The van der Waals surface area contributed by atoms with Crippen LogP contribution >= 0.6 is 11.6 Å². The van der Waals surface area contributed by atoms with Gasteiger partial charge in [0.2, 0.25) is 0 Å². The molecule has 21 heavy (non-hydrogen) atoms. The van der Waals surface area contributed by atoms with E-state index in [0.717, 1.165) is 12.1 Å². The Labute approximate surface area is 125 Å². The summed E-state index contributed by atoms with van der Waals surface area (Å²) < 4.78 is 26.7. The number of benzene rings is 1. The number of nitro groups is 1. The van der Waals surface area contributed by atoms with E-state index in [0.29, 0.717) is 0 Å². The summed E-state index contributed by atoms with van der Waals surface area (Å²) in [5.41, 5.74) is 0.0970. The zero-order valence-electron chi connectivity index (χ0n) is 10.8. The maximum Gasteiger partial charge on any atom is 0.272 e. The van der Waals surface area contributed by atoms with Crippen molar-refractivity contribution in [1.82, 2.24) is 4.98 Å². The van der Waals surface area contributed by atoms with E-state index < -0.39 is 14.9 Å². The number of hydrogen-bond acceptors (Lipinski definition) is 5. The minimum absolute atomic E-state index is 0.00447. The molecule has 2 aromatic rings. The standard InChI is InChI=1S/C12H10ClN3O4S/c1-8-7-9(4-5-11(8)16(17)18)21(19,20)15-12-10(13)3-2-6-14-12/h2-7H,1H3,(H,14,15). The number of nitrogens with zero attached hydrogens (tertiary/aromatic N) is 2. The molecule has 0 radical (unpaired) electrons.